The molecule has 142 valence electrons. The Bertz CT molecular complexity index is 731. The molecule has 2 rings (SSSR count). The Hall–Kier alpha value is -1.34. The van der Waals surface area contributed by atoms with Crippen LogP contribution in [0.1, 0.15) is 51.9 Å². The topological polar surface area (TPSA) is 72.9 Å². The zero-order valence-electron chi connectivity index (χ0n) is 16.1. The van der Waals surface area contributed by atoms with Crippen molar-refractivity contribution in [2.24, 2.45) is 5.92 Å². The van der Waals surface area contributed by atoms with Crippen LogP contribution < -0.4 is 10.0 Å². The number of aromatic nitrogens is 2. The van der Waals surface area contributed by atoms with Gasteiger partial charge in [-0.3, -0.25) is 4.98 Å². The maximum Gasteiger partial charge on any atom is 0.149 e. The van der Waals surface area contributed by atoms with Gasteiger partial charge in [0.25, 0.3) is 0 Å². The highest BCUT2D eigenvalue weighted by Crippen LogP contribution is 2.30. The number of halogens is 1. The molecule has 0 aliphatic heterocycles. The van der Waals surface area contributed by atoms with Crippen LogP contribution in [0, 0.1) is 12.8 Å². The van der Waals surface area contributed by atoms with E-state index in [4.69, 9.17) is 11.6 Å². The van der Waals surface area contributed by atoms with Gasteiger partial charge < -0.3 is 9.87 Å². The first-order valence-electron chi connectivity index (χ1n) is 8.61. The summed E-state index contributed by atoms with van der Waals surface area (Å²) in [7, 11) is 0. The highest BCUT2D eigenvalue weighted by atomic mass is 35.5. The molecule has 0 unspecified atom stereocenters. The lowest BCUT2D eigenvalue weighted by Gasteiger charge is -2.30. The molecule has 0 spiro atoms. The van der Waals surface area contributed by atoms with Crippen LogP contribution in [0.3, 0.4) is 0 Å². The quantitative estimate of drug-likeness (QED) is 0.679. The van der Waals surface area contributed by atoms with Gasteiger partial charge in [0.15, 0.2) is 0 Å². The van der Waals surface area contributed by atoms with Crippen LogP contribution in [-0.4, -0.2) is 19.3 Å². The third-order valence-electron chi connectivity index (χ3n) is 3.85. The molecule has 0 fully saturated rings. The molecule has 2 N–H and O–H groups in total. The van der Waals surface area contributed by atoms with Gasteiger partial charge in [-0.25, -0.2) is 4.98 Å². The van der Waals surface area contributed by atoms with E-state index in [2.05, 4.69) is 33.9 Å². The van der Waals surface area contributed by atoms with Gasteiger partial charge in [0.2, 0.25) is 0 Å². The van der Waals surface area contributed by atoms with Gasteiger partial charge in [0, 0.05) is 23.3 Å². The molecule has 2 atom stereocenters. The van der Waals surface area contributed by atoms with E-state index in [1.807, 2.05) is 45.9 Å². The molecule has 0 saturated carbocycles. The molecule has 2 heterocycles. The Morgan fingerprint density at radius 3 is 2.35 bits per heavy atom. The van der Waals surface area contributed by atoms with Gasteiger partial charge in [-0.15, -0.1) is 4.72 Å². The number of hydrogen-bond acceptors (Lipinski definition) is 5. The van der Waals surface area contributed by atoms with Crippen LogP contribution in [-0.2, 0) is 11.4 Å². The Morgan fingerprint density at radius 1 is 1.15 bits per heavy atom. The number of pyridine rings is 2. The van der Waals surface area contributed by atoms with Crippen molar-refractivity contribution in [2.45, 2.75) is 52.3 Å². The van der Waals surface area contributed by atoms with Crippen LogP contribution in [0.25, 0.3) is 0 Å². The van der Waals surface area contributed by atoms with Crippen molar-refractivity contribution in [3.63, 3.8) is 0 Å². The smallest absolute Gasteiger partial charge is 0.149 e. The van der Waals surface area contributed by atoms with Crippen molar-refractivity contribution < 1.29 is 4.55 Å². The fourth-order valence-electron chi connectivity index (χ4n) is 2.27. The Labute approximate surface area is 164 Å². The molecular weight excluding hydrogens is 368 g/mol. The van der Waals surface area contributed by atoms with Crippen molar-refractivity contribution in [2.75, 3.05) is 5.32 Å². The Kier molecular flexibility index (Phi) is 6.91. The highest BCUT2D eigenvalue weighted by Gasteiger charge is 2.31. The standard InChI is InChI=1S/C19H27ClN4OS/c1-12(2)17(24-26(25)19(4,5)6)14-9-16(20)18(22-10-14)23-15-8-7-13(3)21-11-15/h7-12,17,24H,1-6H3,(H,22,23)/t17-,26-/m1/s1. The zero-order valence-corrected chi connectivity index (χ0v) is 17.7. The summed E-state index contributed by atoms with van der Waals surface area (Å²) < 4.78 is 15.4. The van der Waals surface area contributed by atoms with Crippen molar-refractivity contribution >= 4 is 34.5 Å². The Morgan fingerprint density at radius 2 is 1.85 bits per heavy atom. The number of aryl methyl sites for hydroxylation is 1. The van der Waals surface area contributed by atoms with Crippen LogP contribution in [0.4, 0.5) is 11.5 Å². The van der Waals surface area contributed by atoms with Gasteiger partial charge >= 0.3 is 0 Å². The number of nitrogens with zero attached hydrogens (tertiary/aromatic N) is 2. The van der Waals surface area contributed by atoms with Crippen molar-refractivity contribution in [3.05, 3.63) is 46.9 Å². The van der Waals surface area contributed by atoms with E-state index in [0.717, 1.165) is 16.9 Å². The number of hydrogen-bond donors (Lipinski definition) is 2. The minimum absolute atomic E-state index is 0.102. The van der Waals surface area contributed by atoms with Gasteiger partial charge in [-0.05, 0) is 57.4 Å². The van der Waals surface area contributed by atoms with E-state index in [-0.39, 0.29) is 16.7 Å². The van der Waals surface area contributed by atoms with Crippen LogP contribution in [0.2, 0.25) is 5.02 Å². The first-order chi connectivity index (χ1) is 12.1. The minimum Gasteiger partial charge on any atom is -0.598 e. The summed E-state index contributed by atoms with van der Waals surface area (Å²) in [5, 5.41) is 3.69. The normalized spacial score (nSPS) is 14.3. The summed E-state index contributed by atoms with van der Waals surface area (Å²) in [6, 6.07) is 5.62. The summed E-state index contributed by atoms with van der Waals surface area (Å²) in [5.74, 6) is 0.805. The van der Waals surface area contributed by atoms with Gasteiger partial charge in [0.1, 0.15) is 10.6 Å². The molecule has 0 radical (unpaired) electrons. The van der Waals surface area contributed by atoms with Crippen molar-refractivity contribution in [1.29, 1.82) is 0 Å². The summed E-state index contributed by atoms with van der Waals surface area (Å²) >= 11 is 5.26. The second kappa shape index (κ2) is 8.57. The fourth-order valence-corrected chi connectivity index (χ4v) is 3.49. The highest BCUT2D eigenvalue weighted by molar-refractivity contribution is 7.90. The van der Waals surface area contributed by atoms with Crippen molar-refractivity contribution in [1.82, 2.24) is 14.7 Å². The molecule has 0 aliphatic carbocycles. The van der Waals surface area contributed by atoms with E-state index < -0.39 is 11.4 Å². The molecule has 0 aromatic carbocycles. The SMILES string of the molecule is Cc1ccc(Nc2ncc([C@H](N[S@+]([O-])C(C)(C)C)C(C)C)cc2Cl)cn1. The average molecular weight is 395 g/mol. The van der Waals surface area contributed by atoms with Crippen LogP contribution >= 0.6 is 11.6 Å². The van der Waals surface area contributed by atoms with Crippen LogP contribution in [0.15, 0.2) is 30.6 Å². The zero-order chi connectivity index (χ0) is 19.5. The van der Waals surface area contributed by atoms with E-state index in [1.54, 1.807) is 12.4 Å². The maximum atomic E-state index is 12.5. The molecule has 0 amide bonds. The Balaban J connectivity index is 2.21. The molecule has 2 aromatic heterocycles. The summed E-state index contributed by atoms with van der Waals surface area (Å²) in [4.78, 5) is 8.71. The van der Waals surface area contributed by atoms with Gasteiger partial charge in [-0.1, -0.05) is 25.4 Å². The lowest BCUT2D eigenvalue weighted by molar-refractivity contribution is 0.451. The predicted molar refractivity (Wildman–Crippen MR) is 110 cm³/mol. The average Bonchev–Trinajstić information content (AvgIpc) is 2.55. The van der Waals surface area contributed by atoms with Crippen LogP contribution in [0.5, 0.6) is 0 Å². The van der Waals surface area contributed by atoms with Gasteiger partial charge in [-0.2, -0.15) is 0 Å². The third-order valence-corrected chi connectivity index (χ3v) is 5.72. The molecule has 2 aromatic rings. The van der Waals surface area contributed by atoms with E-state index in [0.29, 0.717) is 10.8 Å². The second-order valence-electron chi connectivity index (χ2n) is 7.63. The summed E-state index contributed by atoms with van der Waals surface area (Å²) in [6.45, 7) is 11.9. The predicted octanol–water partition coefficient (Wildman–Crippen LogP) is 4.93. The number of rotatable bonds is 6. The molecule has 0 aliphatic rings. The molecular formula is C19H27ClN4OS. The summed E-state index contributed by atoms with van der Waals surface area (Å²) in [5.41, 5.74) is 2.68. The fraction of sp³-hybridized carbons (Fsp3) is 0.474. The second-order valence-corrected chi connectivity index (χ2v) is 10.0. The lowest BCUT2D eigenvalue weighted by atomic mass is 9.98. The molecule has 26 heavy (non-hydrogen) atoms. The first-order valence-corrected chi connectivity index (χ1v) is 10.1. The number of nitrogens with one attached hydrogen (secondary N) is 2. The molecule has 0 saturated heterocycles. The van der Waals surface area contributed by atoms with E-state index in [1.165, 1.54) is 0 Å². The monoisotopic (exact) mass is 394 g/mol. The lowest BCUT2D eigenvalue weighted by Crippen LogP contribution is -2.42. The van der Waals surface area contributed by atoms with E-state index in [9.17, 15) is 4.55 Å². The first kappa shape index (κ1) is 21.0. The molecule has 5 nitrogen and oxygen atoms in total. The summed E-state index contributed by atoms with van der Waals surface area (Å²) in [6.07, 6.45) is 3.51. The minimum atomic E-state index is -1.18. The third kappa shape index (κ3) is 5.58. The van der Waals surface area contributed by atoms with Gasteiger partial charge in [0.05, 0.1) is 22.9 Å². The van der Waals surface area contributed by atoms with E-state index >= 15 is 0 Å². The molecule has 7 heteroatoms. The maximum absolute atomic E-state index is 12.5. The largest absolute Gasteiger partial charge is 0.598 e. The van der Waals surface area contributed by atoms with Crippen molar-refractivity contribution in [3.8, 4) is 0 Å². The number of anilines is 2. The molecule has 0 bridgehead atoms.